The first kappa shape index (κ1) is 27.0. The highest BCUT2D eigenvalue weighted by Crippen LogP contribution is 2.32. The van der Waals surface area contributed by atoms with Gasteiger partial charge in [-0.15, -0.1) is 0 Å². The van der Waals surface area contributed by atoms with Crippen molar-refractivity contribution in [1.82, 2.24) is 10.2 Å². The maximum absolute atomic E-state index is 13.6. The monoisotopic (exact) mass is 537 g/mol. The second-order valence-electron chi connectivity index (χ2n) is 8.88. The fourth-order valence-electron chi connectivity index (χ4n) is 4.25. The van der Waals surface area contributed by atoms with E-state index in [9.17, 15) is 18.0 Å². The molecule has 38 heavy (non-hydrogen) atoms. The molecule has 3 aromatic carbocycles. The molecule has 0 radical (unpaired) electrons. The van der Waals surface area contributed by atoms with E-state index in [0.29, 0.717) is 24.4 Å². The van der Waals surface area contributed by atoms with E-state index in [-0.39, 0.29) is 23.1 Å². The predicted molar refractivity (Wildman–Crippen MR) is 143 cm³/mol. The molecular formula is C28H31N3O6S. The largest absolute Gasteiger partial charge is 0.493 e. The Balaban J connectivity index is 1.46. The molecule has 0 bridgehead atoms. The van der Waals surface area contributed by atoms with Crippen LogP contribution in [0.5, 0.6) is 11.5 Å². The topological polar surface area (TPSA) is 105 Å². The van der Waals surface area contributed by atoms with Gasteiger partial charge in [0.15, 0.2) is 11.5 Å². The molecule has 0 aromatic heterocycles. The van der Waals surface area contributed by atoms with Crippen molar-refractivity contribution in [3.05, 3.63) is 83.9 Å². The van der Waals surface area contributed by atoms with Crippen LogP contribution in [-0.2, 0) is 32.7 Å². The van der Waals surface area contributed by atoms with Gasteiger partial charge in [0.05, 0.1) is 24.8 Å². The molecule has 1 saturated heterocycles. The second kappa shape index (κ2) is 12.0. The van der Waals surface area contributed by atoms with Crippen LogP contribution in [0, 0.1) is 0 Å². The molecule has 9 nitrogen and oxygen atoms in total. The molecule has 2 amide bonds. The molecule has 1 N–H and O–H groups in total. The molecule has 1 aliphatic heterocycles. The van der Waals surface area contributed by atoms with Gasteiger partial charge >= 0.3 is 0 Å². The van der Waals surface area contributed by atoms with Crippen LogP contribution in [0.25, 0.3) is 0 Å². The maximum Gasteiger partial charge on any atom is 0.264 e. The van der Waals surface area contributed by atoms with Crippen molar-refractivity contribution in [2.75, 3.05) is 31.6 Å². The van der Waals surface area contributed by atoms with Crippen molar-refractivity contribution in [3.8, 4) is 11.5 Å². The molecule has 4 rings (SSSR count). The summed E-state index contributed by atoms with van der Waals surface area (Å²) in [7, 11) is -1.21. The zero-order chi connectivity index (χ0) is 27.1. The Morgan fingerprint density at radius 3 is 2.26 bits per heavy atom. The average molecular weight is 538 g/mol. The number of benzene rings is 3. The van der Waals surface area contributed by atoms with Crippen LogP contribution < -0.4 is 19.1 Å². The number of amides is 2. The van der Waals surface area contributed by atoms with Crippen molar-refractivity contribution >= 4 is 27.5 Å². The molecule has 200 valence electrons. The molecule has 10 heteroatoms. The normalized spacial score (nSPS) is 13.3. The van der Waals surface area contributed by atoms with E-state index in [0.717, 1.165) is 28.4 Å². The van der Waals surface area contributed by atoms with E-state index in [2.05, 4.69) is 5.32 Å². The van der Waals surface area contributed by atoms with Gasteiger partial charge < -0.3 is 19.7 Å². The third-order valence-electron chi connectivity index (χ3n) is 6.33. The third-order valence-corrected chi connectivity index (χ3v) is 8.10. The number of hydrogen-bond donors (Lipinski definition) is 1. The molecule has 1 fully saturated rings. The second-order valence-corrected chi connectivity index (χ2v) is 10.7. The summed E-state index contributed by atoms with van der Waals surface area (Å²) in [5, 5.41) is 2.81. The number of para-hydroxylation sites is 1. The van der Waals surface area contributed by atoms with Crippen LogP contribution in [0.2, 0.25) is 0 Å². The number of anilines is 1. The van der Waals surface area contributed by atoms with Crippen molar-refractivity contribution in [2.45, 2.75) is 30.8 Å². The summed E-state index contributed by atoms with van der Waals surface area (Å²) in [6.07, 6.45) is 1.50. The van der Waals surface area contributed by atoms with Gasteiger partial charge in [-0.1, -0.05) is 42.5 Å². The van der Waals surface area contributed by atoms with Crippen LogP contribution in [0.3, 0.4) is 0 Å². The molecule has 0 atom stereocenters. The minimum atomic E-state index is -4.11. The Bertz CT molecular complexity index is 1380. The predicted octanol–water partition coefficient (Wildman–Crippen LogP) is 3.34. The summed E-state index contributed by atoms with van der Waals surface area (Å²) in [6, 6.07) is 20.4. The Morgan fingerprint density at radius 1 is 0.947 bits per heavy atom. The zero-order valence-electron chi connectivity index (χ0n) is 21.4. The summed E-state index contributed by atoms with van der Waals surface area (Å²) in [4.78, 5) is 26.6. The number of carbonyl (C=O) groups excluding carboxylic acids is 2. The summed E-state index contributed by atoms with van der Waals surface area (Å²) < 4.78 is 38.8. The lowest BCUT2D eigenvalue weighted by molar-refractivity contribution is -0.128. The van der Waals surface area contributed by atoms with Crippen LogP contribution in [0.4, 0.5) is 5.69 Å². The van der Waals surface area contributed by atoms with Crippen LogP contribution >= 0.6 is 0 Å². The van der Waals surface area contributed by atoms with Gasteiger partial charge in [0.25, 0.3) is 10.0 Å². The molecule has 1 aliphatic rings. The number of carbonyl (C=O) groups is 2. The molecule has 3 aromatic rings. The molecular weight excluding hydrogens is 506 g/mol. The lowest BCUT2D eigenvalue weighted by atomic mass is 10.1. The SMILES string of the molecule is COc1ccc(S(=O)(=O)N(CC(=O)NCc2ccc(CN3CCCC3=O)cc2)c2ccccc2)cc1OC. The van der Waals surface area contributed by atoms with Gasteiger partial charge in [-0.25, -0.2) is 8.42 Å². The number of sulfonamides is 1. The summed E-state index contributed by atoms with van der Waals surface area (Å²) in [5.74, 6) is 0.383. The number of rotatable bonds is 11. The number of nitrogens with zero attached hydrogens (tertiary/aromatic N) is 2. The summed E-state index contributed by atoms with van der Waals surface area (Å²) >= 11 is 0. The van der Waals surface area contributed by atoms with Gasteiger partial charge in [0.1, 0.15) is 6.54 Å². The minimum Gasteiger partial charge on any atom is -0.493 e. The van der Waals surface area contributed by atoms with E-state index in [1.165, 1.54) is 32.4 Å². The van der Waals surface area contributed by atoms with Crippen LogP contribution in [-0.4, -0.2) is 52.4 Å². The minimum absolute atomic E-state index is 0.0288. The van der Waals surface area contributed by atoms with Crippen LogP contribution in [0.15, 0.2) is 77.7 Å². The highest BCUT2D eigenvalue weighted by atomic mass is 32.2. The van der Waals surface area contributed by atoms with Gasteiger partial charge in [0, 0.05) is 32.1 Å². The lowest BCUT2D eigenvalue weighted by Gasteiger charge is -2.24. The van der Waals surface area contributed by atoms with E-state index < -0.39 is 22.5 Å². The number of methoxy groups -OCH3 is 2. The van der Waals surface area contributed by atoms with Crippen molar-refractivity contribution in [2.24, 2.45) is 0 Å². The first-order valence-corrected chi connectivity index (χ1v) is 13.7. The number of ether oxygens (including phenoxy) is 2. The number of likely N-dealkylation sites (tertiary alicyclic amines) is 1. The van der Waals surface area contributed by atoms with Gasteiger partial charge in [-0.3, -0.25) is 13.9 Å². The van der Waals surface area contributed by atoms with Gasteiger partial charge in [0.2, 0.25) is 11.8 Å². The highest BCUT2D eigenvalue weighted by molar-refractivity contribution is 7.92. The Hall–Kier alpha value is -4.05. The lowest BCUT2D eigenvalue weighted by Crippen LogP contribution is -2.40. The van der Waals surface area contributed by atoms with E-state index >= 15 is 0 Å². The molecule has 1 heterocycles. The van der Waals surface area contributed by atoms with Gasteiger partial charge in [-0.05, 0) is 41.8 Å². The molecule has 0 unspecified atom stereocenters. The first-order chi connectivity index (χ1) is 18.3. The summed E-state index contributed by atoms with van der Waals surface area (Å²) in [6.45, 7) is 1.18. The van der Waals surface area contributed by atoms with E-state index in [1.54, 1.807) is 30.3 Å². The highest BCUT2D eigenvalue weighted by Gasteiger charge is 2.28. The quantitative estimate of drug-likeness (QED) is 0.402. The fourth-order valence-corrected chi connectivity index (χ4v) is 5.69. The number of hydrogen-bond acceptors (Lipinski definition) is 6. The number of nitrogens with one attached hydrogen (secondary N) is 1. The maximum atomic E-state index is 13.6. The van der Waals surface area contributed by atoms with Crippen molar-refractivity contribution < 1.29 is 27.5 Å². The molecule has 0 spiro atoms. The third kappa shape index (κ3) is 6.25. The summed E-state index contributed by atoms with van der Waals surface area (Å²) in [5.41, 5.74) is 2.24. The smallest absolute Gasteiger partial charge is 0.264 e. The Morgan fingerprint density at radius 2 is 1.63 bits per heavy atom. The van der Waals surface area contributed by atoms with E-state index in [1.807, 2.05) is 29.2 Å². The van der Waals surface area contributed by atoms with E-state index in [4.69, 9.17) is 9.47 Å². The fraction of sp³-hybridized carbons (Fsp3) is 0.286. The van der Waals surface area contributed by atoms with Gasteiger partial charge in [-0.2, -0.15) is 0 Å². The average Bonchev–Trinajstić information content (AvgIpc) is 3.35. The first-order valence-electron chi connectivity index (χ1n) is 12.2. The molecule has 0 saturated carbocycles. The van der Waals surface area contributed by atoms with Crippen LogP contribution in [0.1, 0.15) is 24.0 Å². The Kier molecular flexibility index (Phi) is 8.52. The Labute approximate surface area is 223 Å². The molecule has 0 aliphatic carbocycles. The van der Waals surface area contributed by atoms with Crippen molar-refractivity contribution in [1.29, 1.82) is 0 Å². The van der Waals surface area contributed by atoms with Crippen molar-refractivity contribution in [3.63, 3.8) is 0 Å². The standard InChI is InChI=1S/C28H31N3O6S/c1-36-25-15-14-24(17-26(25)37-2)38(34,35)31(23-7-4-3-5-8-23)20-27(32)29-18-21-10-12-22(13-11-21)19-30-16-6-9-28(30)33/h3-5,7-8,10-15,17H,6,9,16,18-20H2,1-2H3,(H,29,32). The zero-order valence-corrected chi connectivity index (χ0v) is 22.2.